The molecule has 0 saturated carbocycles. The first-order valence-corrected chi connectivity index (χ1v) is 6.48. The lowest BCUT2D eigenvalue weighted by molar-refractivity contribution is 0.0349. The lowest BCUT2D eigenvalue weighted by Gasteiger charge is -2.26. The fourth-order valence-electron chi connectivity index (χ4n) is 1.66. The van der Waals surface area contributed by atoms with E-state index in [1.54, 1.807) is 4.90 Å². The SMILES string of the molecule is CC(C)(C)OC(=O)N1C=C2SCCC2=CC1. The third-order valence-corrected chi connectivity index (χ3v) is 3.47. The van der Waals surface area contributed by atoms with Crippen molar-refractivity contribution in [2.24, 2.45) is 0 Å². The van der Waals surface area contributed by atoms with Crippen LogP contribution < -0.4 is 0 Å². The highest BCUT2D eigenvalue weighted by molar-refractivity contribution is 8.03. The Morgan fingerprint density at radius 3 is 2.94 bits per heavy atom. The zero-order valence-corrected chi connectivity index (χ0v) is 10.8. The van der Waals surface area contributed by atoms with Crippen molar-refractivity contribution >= 4 is 17.9 Å². The molecule has 2 aliphatic rings. The summed E-state index contributed by atoms with van der Waals surface area (Å²) in [5, 5.41) is 0. The monoisotopic (exact) mass is 239 g/mol. The van der Waals surface area contributed by atoms with Crippen LogP contribution in [0.4, 0.5) is 4.79 Å². The van der Waals surface area contributed by atoms with Gasteiger partial charge in [0.15, 0.2) is 0 Å². The first-order valence-electron chi connectivity index (χ1n) is 5.49. The topological polar surface area (TPSA) is 29.5 Å². The molecule has 0 aliphatic carbocycles. The van der Waals surface area contributed by atoms with Crippen LogP contribution in [0.2, 0.25) is 0 Å². The van der Waals surface area contributed by atoms with Crippen molar-refractivity contribution < 1.29 is 9.53 Å². The molecule has 3 nitrogen and oxygen atoms in total. The molecule has 4 heteroatoms. The second-order valence-electron chi connectivity index (χ2n) is 4.95. The summed E-state index contributed by atoms with van der Waals surface area (Å²) in [5.74, 6) is 1.12. The fourth-order valence-corrected chi connectivity index (χ4v) is 2.77. The van der Waals surface area contributed by atoms with Gasteiger partial charge in [-0.2, -0.15) is 0 Å². The first kappa shape index (κ1) is 11.6. The Bertz CT molecular complexity index is 366. The van der Waals surface area contributed by atoms with Crippen molar-refractivity contribution in [2.45, 2.75) is 32.8 Å². The second kappa shape index (κ2) is 4.17. The normalized spacial score (nSPS) is 20.1. The average Bonchev–Trinajstić information content (AvgIpc) is 2.61. The van der Waals surface area contributed by atoms with E-state index in [0.717, 1.165) is 12.2 Å². The molecule has 0 bridgehead atoms. The van der Waals surface area contributed by atoms with Gasteiger partial charge in [-0.25, -0.2) is 4.79 Å². The number of ether oxygens (including phenoxy) is 1. The molecule has 0 spiro atoms. The van der Waals surface area contributed by atoms with Crippen molar-refractivity contribution in [1.29, 1.82) is 0 Å². The zero-order chi connectivity index (χ0) is 11.8. The van der Waals surface area contributed by atoms with E-state index >= 15 is 0 Å². The van der Waals surface area contributed by atoms with Gasteiger partial charge in [0, 0.05) is 23.4 Å². The van der Waals surface area contributed by atoms with Gasteiger partial charge in [0.25, 0.3) is 0 Å². The van der Waals surface area contributed by atoms with Gasteiger partial charge in [0.1, 0.15) is 5.60 Å². The molecule has 1 amide bonds. The third kappa shape index (κ3) is 2.61. The van der Waals surface area contributed by atoms with Gasteiger partial charge >= 0.3 is 6.09 Å². The highest BCUT2D eigenvalue weighted by Crippen LogP contribution is 2.37. The van der Waals surface area contributed by atoms with Crippen LogP contribution in [0.25, 0.3) is 0 Å². The maximum Gasteiger partial charge on any atom is 0.414 e. The molecule has 1 saturated heterocycles. The number of rotatable bonds is 0. The van der Waals surface area contributed by atoms with Crippen LogP contribution in [0.15, 0.2) is 22.8 Å². The number of hydrogen-bond donors (Lipinski definition) is 0. The number of carbonyl (C=O) groups excluding carboxylic acids is 1. The van der Waals surface area contributed by atoms with E-state index in [-0.39, 0.29) is 6.09 Å². The zero-order valence-electron chi connectivity index (χ0n) is 9.95. The minimum atomic E-state index is -0.428. The van der Waals surface area contributed by atoms with Gasteiger partial charge in [0.05, 0.1) is 0 Å². The van der Waals surface area contributed by atoms with E-state index in [9.17, 15) is 4.79 Å². The van der Waals surface area contributed by atoms with Crippen LogP contribution in [0.5, 0.6) is 0 Å². The van der Waals surface area contributed by atoms with Crippen molar-refractivity contribution in [3.63, 3.8) is 0 Å². The Balaban J connectivity index is 2.03. The van der Waals surface area contributed by atoms with Gasteiger partial charge in [-0.05, 0) is 32.8 Å². The molecule has 0 atom stereocenters. The molecular weight excluding hydrogens is 222 g/mol. The van der Waals surface area contributed by atoms with E-state index in [2.05, 4.69) is 6.08 Å². The number of carbonyl (C=O) groups is 1. The Hall–Kier alpha value is -0.900. The number of allylic oxidation sites excluding steroid dienone is 1. The van der Waals surface area contributed by atoms with Crippen molar-refractivity contribution in [1.82, 2.24) is 4.90 Å². The molecule has 0 unspecified atom stereocenters. The number of hydrogen-bond acceptors (Lipinski definition) is 3. The summed E-state index contributed by atoms with van der Waals surface area (Å²) < 4.78 is 5.33. The minimum Gasteiger partial charge on any atom is -0.443 e. The lowest BCUT2D eigenvalue weighted by Crippen LogP contribution is -2.34. The molecule has 2 heterocycles. The van der Waals surface area contributed by atoms with E-state index < -0.39 is 5.60 Å². The summed E-state index contributed by atoms with van der Waals surface area (Å²) in [6.07, 6.45) is 4.90. The molecular formula is C12H17NO2S. The summed E-state index contributed by atoms with van der Waals surface area (Å²) in [6.45, 7) is 6.28. The molecule has 0 N–H and O–H groups in total. The van der Waals surface area contributed by atoms with Crippen LogP contribution in [-0.4, -0.2) is 28.9 Å². The smallest absolute Gasteiger partial charge is 0.414 e. The predicted octanol–water partition coefficient (Wildman–Crippen LogP) is 3.14. The molecule has 2 rings (SSSR count). The molecule has 0 aromatic carbocycles. The molecule has 16 heavy (non-hydrogen) atoms. The average molecular weight is 239 g/mol. The Morgan fingerprint density at radius 1 is 1.50 bits per heavy atom. The second-order valence-corrected chi connectivity index (χ2v) is 6.09. The molecule has 0 aromatic rings. The third-order valence-electron chi connectivity index (χ3n) is 2.38. The summed E-state index contributed by atoms with van der Waals surface area (Å²) in [6, 6.07) is 0. The lowest BCUT2D eigenvalue weighted by atomic mass is 10.1. The van der Waals surface area contributed by atoms with Crippen LogP contribution in [0.3, 0.4) is 0 Å². The summed E-state index contributed by atoms with van der Waals surface area (Å²) in [4.78, 5) is 14.7. The maximum atomic E-state index is 11.8. The van der Waals surface area contributed by atoms with E-state index in [4.69, 9.17) is 4.74 Å². The predicted molar refractivity (Wildman–Crippen MR) is 66.2 cm³/mol. The van der Waals surface area contributed by atoms with Crippen LogP contribution in [0.1, 0.15) is 27.2 Å². The van der Waals surface area contributed by atoms with Gasteiger partial charge in [-0.1, -0.05) is 6.08 Å². The Labute approximate surface area is 101 Å². The minimum absolute atomic E-state index is 0.261. The van der Waals surface area contributed by atoms with E-state index in [0.29, 0.717) is 6.54 Å². The molecule has 1 fully saturated rings. The Morgan fingerprint density at radius 2 is 2.25 bits per heavy atom. The number of amides is 1. The van der Waals surface area contributed by atoms with E-state index in [1.165, 1.54) is 10.5 Å². The van der Waals surface area contributed by atoms with Gasteiger partial charge in [-0.15, -0.1) is 11.8 Å². The van der Waals surface area contributed by atoms with E-state index in [1.807, 2.05) is 38.7 Å². The van der Waals surface area contributed by atoms with Crippen molar-refractivity contribution in [2.75, 3.05) is 12.3 Å². The van der Waals surface area contributed by atoms with Crippen molar-refractivity contribution in [3.05, 3.63) is 22.8 Å². The van der Waals surface area contributed by atoms with Crippen LogP contribution in [-0.2, 0) is 4.74 Å². The fraction of sp³-hybridized carbons (Fsp3) is 0.583. The van der Waals surface area contributed by atoms with Gasteiger partial charge in [-0.3, -0.25) is 4.90 Å². The first-order chi connectivity index (χ1) is 7.46. The quantitative estimate of drug-likeness (QED) is 0.650. The molecule has 88 valence electrons. The largest absolute Gasteiger partial charge is 0.443 e. The molecule has 0 radical (unpaired) electrons. The van der Waals surface area contributed by atoms with Crippen LogP contribution in [0, 0.1) is 0 Å². The van der Waals surface area contributed by atoms with Gasteiger partial charge < -0.3 is 4.74 Å². The summed E-state index contributed by atoms with van der Waals surface area (Å²) in [5.41, 5.74) is 0.951. The standard InChI is InChI=1S/C12H17NO2S/c1-12(2,3)15-11(14)13-6-4-9-5-7-16-10(9)8-13/h4,8H,5-7H2,1-3H3. The molecule has 0 aromatic heterocycles. The summed E-state index contributed by atoms with van der Waals surface area (Å²) >= 11 is 1.81. The number of nitrogens with zero attached hydrogens (tertiary/aromatic N) is 1. The number of fused-ring (bicyclic) bond motifs is 1. The van der Waals surface area contributed by atoms with Gasteiger partial charge in [0.2, 0.25) is 0 Å². The van der Waals surface area contributed by atoms with Crippen LogP contribution >= 0.6 is 11.8 Å². The molecule has 2 aliphatic heterocycles. The Kier molecular flexibility index (Phi) is 3.02. The van der Waals surface area contributed by atoms with Crippen molar-refractivity contribution in [3.8, 4) is 0 Å². The maximum absolute atomic E-state index is 11.8. The highest BCUT2D eigenvalue weighted by atomic mass is 32.2. The highest BCUT2D eigenvalue weighted by Gasteiger charge is 2.25. The number of thioether (sulfide) groups is 1. The summed E-state index contributed by atoms with van der Waals surface area (Å²) in [7, 11) is 0.